The van der Waals surface area contributed by atoms with Gasteiger partial charge in [-0.1, -0.05) is 27.2 Å². The first-order chi connectivity index (χ1) is 15.2. The Kier molecular flexibility index (Phi) is 9.68. The highest BCUT2D eigenvalue weighted by molar-refractivity contribution is 7.80. The van der Waals surface area contributed by atoms with Crippen molar-refractivity contribution in [1.29, 1.82) is 0 Å². The number of amides is 1. The molecule has 6 nitrogen and oxygen atoms in total. The van der Waals surface area contributed by atoms with E-state index in [1.807, 2.05) is 18.4 Å². The topological polar surface area (TPSA) is 84.2 Å². The Hall–Kier alpha value is -2.42. The number of carboxylic acids is 1. The molecule has 9 heteroatoms. The third kappa shape index (κ3) is 6.79. The van der Waals surface area contributed by atoms with Crippen LogP contribution in [-0.4, -0.2) is 32.3 Å². The molecule has 0 spiro atoms. The van der Waals surface area contributed by atoms with Gasteiger partial charge in [0.2, 0.25) is 5.91 Å². The lowest BCUT2D eigenvalue weighted by Gasteiger charge is -2.18. The van der Waals surface area contributed by atoms with Crippen LogP contribution in [0.1, 0.15) is 67.5 Å². The Morgan fingerprint density at radius 1 is 1.25 bits per heavy atom. The van der Waals surface area contributed by atoms with Crippen LogP contribution in [0.4, 0.5) is 8.78 Å². The van der Waals surface area contributed by atoms with Crippen LogP contribution >= 0.6 is 12.6 Å². The Morgan fingerprint density at radius 3 is 2.44 bits per heavy atom. The number of carbonyl (C=O) groups is 2. The van der Waals surface area contributed by atoms with Crippen molar-refractivity contribution in [2.45, 2.75) is 59.5 Å². The second-order valence-electron chi connectivity index (χ2n) is 8.32. The summed E-state index contributed by atoms with van der Waals surface area (Å²) in [7, 11) is 0. The molecule has 0 saturated carbocycles. The van der Waals surface area contributed by atoms with Crippen LogP contribution in [0.15, 0.2) is 18.3 Å². The fraction of sp³-hybridized carbons (Fsp3) is 0.522. The number of rotatable bonds is 12. The normalized spacial score (nSPS) is 12.2. The third-order valence-corrected chi connectivity index (χ3v) is 5.66. The lowest BCUT2D eigenvalue weighted by Crippen LogP contribution is -2.33. The summed E-state index contributed by atoms with van der Waals surface area (Å²) < 4.78 is 30.2. The summed E-state index contributed by atoms with van der Waals surface area (Å²) in [5.41, 5.74) is 0.0115. The van der Waals surface area contributed by atoms with Gasteiger partial charge in [0.1, 0.15) is 23.0 Å². The van der Waals surface area contributed by atoms with E-state index in [0.29, 0.717) is 23.8 Å². The standard InChI is InChI=1S/C23H31F2N3O3S/c1-4-5-6-20-26-10-17(11-27-22(29)16(13-32)7-14(2)3)28(20)12-15-8-18(24)21(23(30)31)19(25)9-15/h8-10,14,16,32H,4-7,11-13H2,1-3H3,(H,27,29)(H,30,31)/t16-/m0/s1. The van der Waals surface area contributed by atoms with Crippen molar-refractivity contribution in [1.82, 2.24) is 14.9 Å². The molecule has 2 aromatic rings. The number of nitrogens with zero attached hydrogens (tertiary/aromatic N) is 2. The lowest BCUT2D eigenvalue weighted by atomic mass is 9.98. The molecule has 1 heterocycles. The van der Waals surface area contributed by atoms with Crippen LogP contribution in [0.5, 0.6) is 0 Å². The van der Waals surface area contributed by atoms with Gasteiger partial charge >= 0.3 is 5.97 Å². The van der Waals surface area contributed by atoms with E-state index in [0.717, 1.165) is 37.2 Å². The Balaban J connectivity index is 2.26. The quantitative estimate of drug-likeness (QED) is 0.403. The molecule has 32 heavy (non-hydrogen) atoms. The van der Waals surface area contributed by atoms with E-state index >= 15 is 0 Å². The molecule has 1 amide bonds. The van der Waals surface area contributed by atoms with Gasteiger partial charge in [-0.2, -0.15) is 12.6 Å². The maximum atomic E-state index is 14.2. The first-order valence-corrected chi connectivity index (χ1v) is 11.4. The first kappa shape index (κ1) is 25.8. The van der Waals surface area contributed by atoms with E-state index in [4.69, 9.17) is 5.11 Å². The average molecular weight is 468 g/mol. The zero-order valence-corrected chi connectivity index (χ0v) is 19.6. The van der Waals surface area contributed by atoms with Crippen LogP contribution in [0.3, 0.4) is 0 Å². The van der Waals surface area contributed by atoms with E-state index in [2.05, 4.69) is 29.9 Å². The van der Waals surface area contributed by atoms with Crippen molar-refractivity contribution in [3.05, 3.63) is 52.6 Å². The van der Waals surface area contributed by atoms with E-state index in [1.54, 1.807) is 6.20 Å². The summed E-state index contributed by atoms with van der Waals surface area (Å²) in [5.74, 6) is -2.65. The number of unbranched alkanes of at least 4 members (excludes halogenated alkanes) is 1. The van der Waals surface area contributed by atoms with Gasteiger partial charge in [-0.3, -0.25) is 4.79 Å². The Labute approximate surface area is 192 Å². The van der Waals surface area contributed by atoms with Gasteiger partial charge in [0.05, 0.1) is 18.4 Å². The molecule has 1 aromatic carbocycles. The predicted octanol–water partition coefficient (Wildman–Crippen LogP) is 4.46. The number of benzene rings is 1. The van der Waals surface area contributed by atoms with Crippen LogP contribution in [-0.2, 0) is 24.3 Å². The summed E-state index contributed by atoms with van der Waals surface area (Å²) >= 11 is 4.29. The molecule has 2 N–H and O–H groups in total. The second-order valence-corrected chi connectivity index (χ2v) is 8.69. The number of thiol groups is 1. The molecule has 0 aliphatic rings. The van der Waals surface area contributed by atoms with Crippen molar-refractivity contribution in [3.63, 3.8) is 0 Å². The highest BCUT2D eigenvalue weighted by Crippen LogP contribution is 2.19. The number of carboxylic acid groups (broad SMARTS) is 1. The smallest absolute Gasteiger partial charge is 0.341 e. The van der Waals surface area contributed by atoms with Gasteiger partial charge in [0.25, 0.3) is 0 Å². The molecule has 0 saturated heterocycles. The number of aromatic nitrogens is 2. The van der Waals surface area contributed by atoms with Gasteiger partial charge < -0.3 is 15.0 Å². The summed E-state index contributed by atoms with van der Waals surface area (Å²) in [5, 5.41) is 11.9. The number of imidazole rings is 1. The van der Waals surface area contributed by atoms with Crippen LogP contribution < -0.4 is 5.32 Å². The fourth-order valence-corrected chi connectivity index (χ4v) is 3.90. The van der Waals surface area contributed by atoms with Gasteiger partial charge in [-0.15, -0.1) is 0 Å². The zero-order valence-electron chi connectivity index (χ0n) is 18.7. The molecule has 0 aliphatic carbocycles. The molecule has 0 fully saturated rings. The number of halogens is 2. The van der Waals surface area contributed by atoms with Gasteiger partial charge in [-0.25, -0.2) is 18.6 Å². The summed E-state index contributed by atoms with van der Waals surface area (Å²) in [6, 6.07) is 2.05. The molecule has 1 atom stereocenters. The van der Waals surface area contributed by atoms with Crippen LogP contribution in [0.25, 0.3) is 0 Å². The minimum absolute atomic E-state index is 0.0977. The van der Waals surface area contributed by atoms with Crippen molar-refractivity contribution in [2.75, 3.05) is 5.75 Å². The largest absolute Gasteiger partial charge is 0.477 e. The third-order valence-electron chi connectivity index (χ3n) is 5.22. The number of hydrogen-bond acceptors (Lipinski definition) is 4. The summed E-state index contributed by atoms with van der Waals surface area (Å²) in [6.07, 6.45) is 4.90. The van der Waals surface area contributed by atoms with E-state index in [1.165, 1.54) is 0 Å². The highest BCUT2D eigenvalue weighted by atomic mass is 32.1. The maximum Gasteiger partial charge on any atom is 0.341 e. The van der Waals surface area contributed by atoms with Crippen molar-refractivity contribution in [2.24, 2.45) is 11.8 Å². The molecule has 0 bridgehead atoms. The monoisotopic (exact) mass is 467 g/mol. The second kappa shape index (κ2) is 12.0. The minimum Gasteiger partial charge on any atom is -0.477 e. The van der Waals surface area contributed by atoms with Crippen LogP contribution in [0.2, 0.25) is 0 Å². The number of carbonyl (C=O) groups excluding carboxylic acids is 1. The average Bonchev–Trinajstić information content (AvgIpc) is 3.08. The van der Waals surface area contributed by atoms with Crippen molar-refractivity contribution < 1.29 is 23.5 Å². The fourth-order valence-electron chi connectivity index (χ4n) is 3.58. The van der Waals surface area contributed by atoms with Gasteiger partial charge in [0.15, 0.2) is 0 Å². The zero-order chi connectivity index (χ0) is 23.8. The summed E-state index contributed by atoms with van der Waals surface area (Å²) in [4.78, 5) is 28.1. The van der Waals surface area contributed by atoms with Crippen LogP contribution in [0, 0.1) is 23.5 Å². The Morgan fingerprint density at radius 2 is 1.91 bits per heavy atom. The van der Waals surface area contributed by atoms with E-state index in [-0.39, 0.29) is 30.5 Å². The van der Waals surface area contributed by atoms with Gasteiger partial charge in [-0.05, 0) is 36.5 Å². The number of hydrogen-bond donors (Lipinski definition) is 3. The molecule has 176 valence electrons. The highest BCUT2D eigenvalue weighted by Gasteiger charge is 2.21. The molecular weight excluding hydrogens is 436 g/mol. The van der Waals surface area contributed by atoms with E-state index in [9.17, 15) is 18.4 Å². The molecular formula is C23H31F2N3O3S. The minimum atomic E-state index is -1.65. The maximum absolute atomic E-state index is 14.2. The molecule has 0 radical (unpaired) electrons. The lowest BCUT2D eigenvalue weighted by molar-refractivity contribution is -0.124. The number of nitrogens with one attached hydrogen (secondary N) is 1. The number of aromatic carboxylic acids is 1. The van der Waals surface area contributed by atoms with Crippen molar-refractivity contribution >= 4 is 24.5 Å². The molecule has 0 unspecified atom stereocenters. The predicted molar refractivity (Wildman–Crippen MR) is 122 cm³/mol. The Bertz CT molecular complexity index is 924. The molecule has 1 aromatic heterocycles. The first-order valence-electron chi connectivity index (χ1n) is 10.8. The van der Waals surface area contributed by atoms with Gasteiger partial charge in [0, 0.05) is 24.6 Å². The number of aryl methyl sites for hydroxylation is 1. The van der Waals surface area contributed by atoms with Crippen molar-refractivity contribution in [3.8, 4) is 0 Å². The molecule has 2 rings (SSSR count). The molecule has 0 aliphatic heterocycles. The SMILES string of the molecule is CCCCc1ncc(CNC(=O)[C@H](CS)CC(C)C)n1Cc1cc(F)c(C(=O)O)c(F)c1. The van der Waals surface area contributed by atoms with E-state index < -0.39 is 23.2 Å². The summed E-state index contributed by atoms with van der Waals surface area (Å²) in [6.45, 7) is 6.48.